The molecular formula is C19H30N2O2. The number of hydrogen-bond acceptors (Lipinski definition) is 3. The number of benzene rings is 1. The number of rotatable bonds is 7. The van der Waals surface area contributed by atoms with Crippen molar-refractivity contribution in [1.82, 2.24) is 10.2 Å². The first-order valence-electron chi connectivity index (χ1n) is 8.77. The van der Waals surface area contributed by atoms with E-state index in [4.69, 9.17) is 4.74 Å². The first-order chi connectivity index (χ1) is 11.1. The smallest absolute Gasteiger partial charge is 0.224 e. The van der Waals surface area contributed by atoms with E-state index in [1.165, 1.54) is 32.4 Å². The van der Waals surface area contributed by atoms with E-state index in [0.717, 1.165) is 29.8 Å². The molecular weight excluding hydrogens is 288 g/mol. The van der Waals surface area contributed by atoms with E-state index in [1.54, 1.807) is 7.11 Å². The van der Waals surface area contributed by atoms with E-state index in [2.05, 4.69) is 17.1 Å². The summed E-state index contributed by atoms with van der Waals surface area (Å²) in [6.45, 7) is 7.47. The number of nitrogens with zero attached hydrogens (tertiary/aromatic N) is 1. The second-order valence-corrected chi connectivity index (χ2v) is 6.51. The Balaban J connectivity index is 1.85. The molecule has 0 aromatic heterocycles. The minimum atomic E-state index is 0.110. The van der Waals surface area contributed by atoms with Gasteiger partial charge in [0.15, 0.2) is 0 Å². The van der Waals surface area contributed by atoms with Crippen LogP contribution < -0.4 is 10.1 Å². The van der Waals surface area contributed by atoms with Crippen LogP contribution in [0.2, 0.25) is 0 Å². The van der Waals surface area contributed by atoms with Crippen LogP contribution in [0.15, 0.2) is 18.2 Å². The first-order valence-corrected chi connectivity index (χ1v) is 8.77. The highest BCUT2D eigenvalue weighted by Crippen LogP contribution is 2.18. The zero-order valence-corrected chi connectivity index (χ0v) is 14.7. The van der Waals surface area contributed by atoms with Gasteiger partial charge in [-0.3, -0.25) is 4.79 Å². The Morgan fingerprint density at radius 3 is 2.65 bits per heavy atom. The molecule has 0 spiro atoms. The third kappa shape index (κ3) is 5.54. The van der Waals surface area contributed by atoms with E-state index in [-0.39, 0.29) is 11.9 Å². The van der Waals surface area contributed by atoms with Gasteiger partial charge < -0.3 is 15.0 Å². The molecule has 0 aliphatic carbocycles. The molecule has 0 unspecified atom stereocenters. The normalized spacial score (nSPS) is 16.8. The average Bonchev–Trinajstić information content (AvgIpc) is 2.55. The van der Waals surface area contributed by atoms with E-state index >= 15 is 0 Å². The standard InChI is InChI=1S/C19H30N2O2/c1-4-17(14-21-10-6-5-7-11-21)20-19(22)13-16-8-9-18(23-3)15(2)12-16/h8-9,12,17H,4-7,10-11,13-14H2,1-3H3,(H,20,22)/t17-/m1/s1. The maximum atomic E-state index is 12.3. The maximum Gasteiger partial charge on any atom is 0.224 e. The van der Waals surface area contributed by atoms with Crippen LogP contribution in [0.25, 0.3) is 0 Å². The van der Waals surface area contributed by atoms with Gasteiger partial charge in [-0.2, -0.15) is 0 Å². The van der Waals surface area contributed by atoms with Crippen LogP contribution in [0.1, 0.15) is 43.7 Å². The molecule has 4 heteroatoms. The zero-order valence-electron chi connectivity index (χ0n) is 14.7. The minimum absolute atomic E-state index is 0.110. The second-order valence-electron chi connectivity index (χ2n) is 6.51. The lowest BCUT2D eigenvalue weighted by molar-refractivity contribution is -0.121. The third-order valence-corrected chi connectivity index (χ3v) is 4.61. The Hall–Kier alpha value is -1.55. The van der Waals surface area contributed by atoms with Crippen molar-refractivity contribution in [2.75, 3.05) is 26.7 Å². The molecule has 1 heterocycles. The lowest BCUT2D eigenvalue weighted by Gasteiger charge is -2.30. The molecule has 23 heavy (non-hydrogen) atoms. The summed E-state index contributed by atoms with van der Waals surface area (Å²) in [5.74, 6) is 0.976. The molecule has 0 saturated carbocycles. The van der Waals surface area contributed by atoms with Crippen LogP contribution in [0, 0.1) is 6.92 Å². The van der Waals surface area contributed by atoms with Crippen molar-refractivity contribution in [1.29, 1.82) is 0 Å². The molecule has 1 aliphatic rings. The summed E-state index contributed by atoms with van der Waals surface area (Å²) >= 11 is 0. The number of likely N-dealkylation sites (tertiary alicyclic amines) is 1. The second kappa shape index (κ2) is 8.92. The molecule has 0 radical (unpaired) electrons. The Labute approximate surface area is 140 Å². The van der Waals surface area contributed by atoms with Crippen molar-refractivity contribution in [3.8, 4) is 5.75 Å². The van der Waals surface area contributed by atoms with Gasteiger partial charge in [0.05, 0.1) is 13.5 Å². The number of aryl methyl sites for hydroxylation is 1. The van der Waals surface area contributed by atoms with Crippen molar-refractivity contribution in [2.45, 2.75) is 52.0 Å². The number of carbonyl (C=O) groups excluding carboxylic acids is 1. The molecule has 0 bridgehead atoms. The van der Waals surface area contributed by atoms with Crippen molar-refractivity contribution < 1.29 is 9.53 Å². The van der Waals surface area contributed by atoms with Crippen molar-refractivity contribution in [2.24, 2.45) is 0 Å². The Bertz CT molecular complexity index is 510. The molecule has 4 nitrogen and oxygen atoms in total. The zero-order chi connectivity index (χ0) is 16.7. The number of piperidine rings is 1. The van der Waals surface area contributed by atoms with Crippen LogP contribution in [-0.4, -0.2) is 43.6 Å². The maximum absolute atomic E-state index is 12.3. The molecule has 1 aliphatic heterocycles. The summed E-state index contributed by atoms with van der Waals surface area (Å²) in [7, 11) is 1.67. The number of carbonyl (C=O) groups is 1. The third-order valence-electron chi connectivity index (χ3n) is 4.61. The summed E-state index contributed by atoms with van der Waals surface area (Å²) in [6, 6.07) is 6.18. The van der Waals surface area contributed by atoms with Gasteiger partial charge in [0.2, 0.25) is 5.91 Å². The summed E-state index contributed by atoms with van der Waals surface area (Å²) < 4.78 is 5.27. The van der Waals surface area contributed by atoms with Gasteiger partial charge in [0.1, 0.15) is 5.75 Å². The predicted molar refractivity (Wildman–Crippen MR) is 93.9 cm³/mol. The van der Waals surface area contributed by atoms with Crippen LogP contribution >= 0.6 is 0 Å². The van der Waals surface area contributed by atoms with E-state index < -0.39 is 0 Å². The van der Waals surface area contributed by atoms with Crippen molar-refractivity contribution >= 4 is 5.91 Å². The highest BCUT2D eigenvalue weighted by molar-refractivity contribution is 5.79. The number of amides is 1. The molecule has 128 valence electrons. The summed E-state index contributed by atoms with van der Waals surface area (Å²) in [5, 5.41) is 3.20. The fourth-order valence-electron chi connectivity index (χ4n) is 3.25. The summed E-state index contributed by atoms with van der Waals surface area (Å²) in [4.78, 5) is 14.8. The SMILES string of the molecule is CC[C@H](CN1CCCCC1)NC(=O)Cc1ccc(OC)c(C)c1. The molecule has 1 aromatic rings. The highest BCUT2D eigenvalue weighted by atomic mass is 16.5. The minimum Gasteiger partial charge on any atom is -0.496 e. The number of hydrogen-bond donors (Lipinski definition) is 1. The van der Waals surface area contributed by atoms with Gasteiger partial charge in [-0.1, -0.05) is 25.5 Å². The Morgan fingerprint density at radius 1 is 1.30 bits per heavy atom. The monoisotopic (exact) mass is 318 g/mol. The quantitative estimate of drug-likeness (QED) is 0.840. The molecule has 2 rings (SSSR count). The predicted octanol–water partition coefficient (Wildman–Crippen LogP) is 2.93. The van der Waals surface area contributed by atoms with Crippen molar-refractivity contribution in [3.05, 3.63) is 29.3 Å². The molecule has 1 saturated heterocycles. The highest BCUT2D eigenvalue weighted by Gasteiger charge is 2.17. The van der Waals surface area contributed by atoms with Gasteiger partial charge in [0, 0.05) is 12.6 Å². The van der Waals surface area contributed by atoms with E-state index in [9.17, 15) is 4.79 Å². The van der Waals surface area contributed by atoms with E-state index in [0.29, 0.717) is 6.42 Å². The van der Waals surface area contributed by atoms with Gasteiger partial charge in [-0.05, 0) is 56.5 Å². The molecule has 1 N–H and O–H groups in total. The Morgan fingerprint density at radius 2 is 2.04 bits per heavy atom. The number of methoxy groups -OCH3 is 1. The fraction of sp³-hybridized carbons (Fsp3) is 0.632. The van der Waals surface area contributed by atoms with Crippen LogP contribution in [-0.2, 0) is 11.2 Å². The molecule has 1 amide bonds. The van der Waals surface area contributed by atoms with Gasteiger partial charge >= 0.3 is 0 Å². The summed E-state index contributed by atoms with van der Waals surface area (Å²) in [6.07, 6.45) is 5.33. The number of ether oxygens (including phenoxy) is 1. The summed E-state index contributed by atoms with van der Waals surface area (Å²) in [5.41, 5.74) is 2.10. The first kappa shape index (κ1) is 17.8. The lowest BCUT2D eigenvalue weighted by atomic mass is 10.1. The van der Waals surface area contributed by atoms with Gasteiger partial charge in [-0.25, -0.2) is 0 Å². The molecule has 1 fully saturated rings. The fourth-order valence-corrected chi connectivity index (χ4v) is 3.25. The van der Waals surface area contributed by atoms with Crippen LogP contribution in [0.4, 0.5) is 0 Å². The lowest BCUT2D eigenvalue weighted by Crippen LogP contribution is -2.45. The number of nitrogens with one attached hydrogen (secondary N) is 1. The van der Waals surface area contributed by atoms with Gasteiger partial charge in [0.25, 0.3) is 0 Å². The largest absolute Gasteiger partial charge is 0.496 e. The van der Waals surface area contributed by atoms with Crippen LogP contribution in [0.3, 0.4) is 0 Å². The van der Waals surface area contributed by atoms with Gasteiger partial charge in [-0.15, -0.1) is 0 Å². The average molecular weight is 318 g/mol. The van der Waals surface area contributed by atoms with Crippen molar-refractivity contribution in [3.63, 3.8) is 0 Å². The topological polar surface area (TPSA) is 41.6 Å². The molecule has 1 aromatic carbocycles. The molecule has 1 atom stereocenters. The van der Waals surface area contributed by atoms with Crippen LogP contribution in [0.5, 0.6) is 5.75 Å². The Kier molecular flexibility index (Phi) is 6.90. The van der Waals surface area contributed by atoms with E-state index in [1.807, 2.05) is 25.1 Å².